The Morgan fingerprint density at radius 2 is 2.19 bits per heavy atom. The fraction of sp³-hybridized carbons (Fsp3) is 0.917. The van der Waals surface area contributed by atoms with Crippen LogP contribution in [0.25, 0.3) is 0 Å². The Morgan fingerprint density at radius 3 is 2.69 bits per heavy atom. The summed E-state index contributed by atoms with van der Waals surface area (Å²) < 4.78 is 0. The van der Waals surface area contributed by atoms with Crippen molar-refractivity contribution >= 4 is 5.91 Å². The summed E-state index contributed by atoms with van der Waals surface area (Å²) in [5, 5.41) is 9.73. The number of carbonyl (C=O) groups is 1. The Morgan fingerprint density at radius 1 is 1.56 bits per heavy atom. The Labute approximate surface area is 97.8 Å². The van der Waals surface area contributed by atoms with Gasteiger partial charge in [0.1, 0.15) is 0 Å². The van der Waals surface area contributed by atoms with Crippen LogP contribution in [-0.4, -0.2) is 41.1 Å². The molecule has 4 nitrogen and oxygen atoms in total. The summed E-state index contributed by atoms with van der Waals surface area (Å²) in [7, 11) is 0. The summed E-state index contributed by atoms with van der Waals surface area (Å²) in [5.74, 6) is 0.692. The van der Waals surface area contributed by atoms with Crippen molar-refractivity contribution in [3.63, 3.8) is 0 Å². The van der Waals surface area contributed by atoms with Crippen molar-refractivity contribution in [1.29, 1.82) is 0 Å². The summed E-state index contributed by atoms with van der Waals surface area (Å²) in [6.07, 6.45) is 1.17. The van der Waals surface area contributed by atoms with E-state index in [0.717, 1.165) is 13.0 Å². The first-order valence-corrected chi connectivity index (χ1v) is 6.14. The first-order valence-electron chi connectivity index (χ1n) is 6.14. The zero-order valence-corrected chi connectivity index (χ0v) is 10.5. The monoisotopic (exact) mass is 228 g/mol. The van der Waals surface area contributed by atoms with Gasteiger partial charge in [-0.1, -0.05) is 20.8 Å². The van der Waals surface area contributed by atoms with E-state index in [-0.39, 0.29) is 11.8 Å². The van der Waals surface area contributed by atoms with Crippen LogP contribution < -0.4 is 5.73 Å². The molecule has 0 aromatic rings. The second kappa shape index (κ2) is 5.64. The van der Waals surface area contributed by atoms with Crippen molar-refractivity contribution in [1.82, 2.24) is 4.90 Å². The third-order valence-corrected chi connectivity index (χ3v) is 3.27. The predicted octanol–water partition coefficient (Wildman–Crippen LogP) is 0.589. The second-order valence-corrected chi connectivity index (χ2v) is 5.35. The SMILES string of the molecule is CC(C)CC(N)C(=O)N1CCC(C)C(O)C1. The number of carbonyl (C=O) groups excluding carboxylic acids is 1. The van der Waals surface area contributed by atoms with Gasteiger partial charge in [-0.2, -0.15) is 0 Å². The summed E-state index contributed by atoms with van der Waals surface area (Å²) in [5.41, 5.74) is 5.86. The van der Waals surface area contributed by atoms with Crippen LogP contribution in [-0.2, 0) is 4.79 Å². The number of hydrogen-bond acceptors (Lipinski definition) is 3. The Kier molecular flexibility index (Phi) is 4.74. The molecule has 0 spiro atoms. The van der Waals surface area contributed by atoms with Gasteiger partial charge in [-0.05, 0) is 24.7 Å². The Hall–Kier alpha value is -0.610. The molecule has 1 heterocycles. The standard InChI is InChI=1S/C12H24N2O2/c1-8(2)6-10(13)12(16)14-5-4-9(3)11(15)7-14/h8-11,15H,4-7,13H2,1-3H3. The predicted molar refractivity (Wildman–Crippen MR) is 63.8 cm³/mol. The number of piperidine rings is 1. The van der Waals surface area contributed by atoms with Crippen LogP contribution in [0.1, 0.15) is 33.6 Å². The highest BCUT2D eigenvalue weighted by atomic mass is 16.3. The van der Waals surface area contributed by atoms with E-state index in [9.17, 15) is 9.90 Å². The quantitative estimate of drug-likeness (QED) is 0.743. The summed E-state index contributed by atoms with van der Waals surface area (Å²) in [4.78, 5) is 13.7. The minimum atomic E-state index is -0.416. The normalized spacial score (nSPS) is 28.2. The number of aliphatic hydroxyl groups is 1. The average Bonchev–Trinajstić information content (AvgIpc) is 2.20. The van der Waals surface area contributed by atoms with Crippen molar-refractivity contribution in [2.45, 2.75) is 45.8 Å². The lowest BCUT2D eigenvalue weighted by atomic mass is 9.95. The van der Waals surface area contributed by atoms with Gasteiger partial charge in [0.2, 0.25) is 5.91 Å². The van der Waals surface area contributed by atoms with Crippen LogP contribution in [0.15, 0.2) is 0 Å². The number of hydrogen-bond donors (Lipinski definition) is 2. The lowest BCUT2D eigenvalue weighted by molar-refractivity contribution is -0.137. The van der Waals surface area contributed by atoms with E-state index in [1.165, 1.54) is 0 Å². The molecular formula is C12H24N2O2. The second-order valence-electron chi connectivity index (χ2n) is 5.35. The van der Waals surface area contributed by atoms with Crippen LogP contribution in [0.5, 0.6) is 0 Å². The van der Waals surface area contributed by atoms with E-state index < -0.39 is 12.1 Å². The maximum Gasteiger partial charge on any atom is 0.239 e. The number of β-amino-alcohol motifs (C(OH)–C–C–N with tert-alkyl or cyclic N) is 1. The number of rotatable bonds is 3. The molecular weight excluding hydrogens is 204 g/mol. The number of nitrogens with zero attached hydrogens (tertiary/aromatic N) is 1. The molecule has 3 atom stereocenters. The lowest BCUT2D eigenvalue weighted by Gasteiger charge is -2.35. The van der Waals surface area contributed by atoms with E-state index in [1.54, 1.807) is 4.90 Å². The molecule has 1 aliphatic rings. The van der Waals surface area contributed by atoms with Crippen LogP contribution >= 0.6 is 0 Å². The van der Waals surface area contributed by atoms with E-state index >= 15 is 0 Å². The van der Waals surface area contributed by atoms with Gasteiger partial charge in [-0.3, -0.25) is 4.79 Å². The molecule has 1 saturated heterocycles. The first-order chi connectivity index (χ1) is 7.41. The van der Waals surface area contributed by atoms with Gasteiger partial charge in [0.15, 0.2) is 0 Å². The van der Waals surface area contributed by atoms with Gasteiger partial charge in [-0.15, -0.1) is 0 Å². The van der Waals surface area contributed by atoms with Crippen molar-refractivity contribution in [3.05, 3.63) is 0 Å². The lowest BCUT2D eigenvalue weighted by Crippen LogP contribution is -2.51. The summed E-state index contributed by atoms with van der Waals surface area (Å²) >= 11 is 0. The first kappa shape index (κ1) is 13.5. The van der Waals surface area contributed by atoms with Crippen LogP contribution in [0.2, 0.25) is 0 Å². The van der Waals surface area contributed by atoms with Crippen molar-refractivity contribution in [2.75, 3.05) is 13.1 Å². The summed E-state index contributed by atoms with van der Waals surface area (Å²) in [6, 6.07) is -0.416. The highest BCUT2D eigenvalue weighted by molar-refractivity contribution is 5.81. The smallest absolute Gasteiger partial charge is 0.239 e. The molecule has 16 heavy (non-hydrogen) atoms. The molecule has 3 N–H and O–H groups in total. The molecule has 0 radical (unpaired) electrons. The number of likely N-dealkylation sites (tertiary alicyclic amines) is 1. The minimum absolute atomic E-state index is 0.0142. The maximum atomic E-state index is 12.0. The van der Waals surface area contributed by atoms with Gasteiger partial charge in [0.05, 0.1) is 12.1 Å². The van der Waals surface area contributed by atoms with Crippen molar-refractivity contribution in [3.8, 4) is 0 Å². The molecule has 0 aromatic heterocycles. The molecule has 1 aliphatic heterocycles. The molecule has 0 aliphatic carbocycles. The Bertz CT molecular complexity index is 243. The molecule has 0 bridgehead atoms. The summed E-state index contributed by atoms with van der Waals surface area (Å²) in [6.45, 7) is 7.29. The van der Waals surface area contributed by atoms with Crippen molar-refractivity contribution < 1.29 is 9.90 Å². The fourth-order valence-electron chi connectivity index (χ4n) is 2.09. The van der Waals surface area contributed by atoms with Crippen LogP contribution in [0.3, 0.4) is 0 Å². The van der Waals surface area contributed by atoms with E-state index in [4.69, 9.17) is 5.73 Å². The fourth-order valence-corrected chi connectivity index (χ4v) is 2.09. The minimum Gasteiger partial charge on any atom is -0.391 e. The average molecular weight is 228 g/mol. The molecule has 1 rings (SSSR count). The molecule has 4 heteroatoms. The highest BCUT2D eigenvalue weighted by Crippen LogP contribution is 2.18. The highest BCUT2D eigenvalue weighted by Gasteiger charge is 2.29. The Balaban J connectivity index is 2.48. The number of amides is 1. The molecule has 0 saturated carbocycles. The van der Waals surface area contributed by atoms with Crippen molar-refractivity contribution in [2.24, 2.45) is 17.6 Å². The molecule has 1 fully saturated rings. The van der Waals surface area contributed by atoms with Gasteiger partial charge in [0.25, 0.3) is 0 Å². The molecule has 3 unspecified atom stereocenters. The van der Waals surface area contributed by atoms with Gasteiger partial charge in [0, 0.05) is 13.1 Å². The zero-order valence-electron chi connectivity index (χ0n) is 10.5. The molecule has 1 amide bonds. The topological polar surface area (TPSA) is 66.6 Å². The zero-order chi connectivity index (χ0) is 12.3. The number of nitrogens with two attached hydrogens (primary N) is 1. The molecule has 0 aromatic carbocycles. The van der Waals surface area contributed by atoms with Crippen LogP contribution in [0.4, 0.5) is 0 Å². The van der Waals surface area contributed by atoms with E-state index in [0.29, 0.717) is 18.9 Å². The maximum absolute atomic E-state index is 12.0. The van der Waals surface area contributed by atoms with Gasteiger partial charge in [-0.25, -0.2) is 0 Å². The third kappa shape index (κ3) is 3.46. The molecule has 94 valence electrons. The van der Waals surface area contributed by atoms with Gasteiger partial charge < -0.3 is 15.7 Å². The largest absolute Gasteiger partial charge is 0.391 e. The van der Waals surface area contributed by atoms with E-state index in [1.807, 2.05) is 6.92 Å². The third-order valence-electron chi connectivity index (χ3n) is 3.27. The van der Waals surface area contributed by atoms with Gasteiger partial charge >= 0.3 is 0 Å². The van der Waals surface area contributed by atoms with E-state index in [2.05, 4.69) is 13.8 Å². The number of aliphatic hydroxyl groups excluding tert-OH is 1. The van der Waals surface area contributed by atoms with Crippen LogP contribution in [0, 0.1) is 11.8 Å².